The van der Waals surface area contributed by atoms with Gasteiger partial charge in [0, 0.05) is 11.6 Å². The Morgan fingerprint density at radius 1 is 1.38 bits per heavy atom. The molecule has 0 bridgehead atoms. The normalized spacial score (nSPS) is 10.4. The number of hydrogen-bond acceptors (Lipinski definition) is 3. The molecule has 0 saturated heterocycles. The molecule has 1 aromatic carbocycles. The van der Waals surface area contributed by atoms with E-state index in [4.69, 9.17) is 14.6 Å². The summed E-state index contributed by atoms with van der Waals surface area (Å²) in [6.07, 6.45) is 2.16. The fraction of sp³-hybridized carbons (Fsp3) is 0.182. The highest BCUT2D eigenvalue weighted by Crippen LogP contribution is 2.30. The van der Waals surface area contributed by atoms with Gasteiger partial charge in [0.1, 0.15) is 0 Å². The highest BCUT2D eigenvalue weighted by Gasteiger charge is 2.12. The quantitative estimate of drug-likeness (QED) is 0.797. The molecule has 0 unspecified atom stereocenters. The second-order valence-corrected chi connectivity index (χ2v) is 2.88. The fourth-order valence-corrected chi connectivity index (χ4v) is 1.21. The highest BCUT2D eigenvalue weighted by molar-refractivity contribution is 5.86. The third kappa shape index (κ3) is 2.50. The summed E-state index contributed by atoms with van der Waals surface area (Å²) in [5.41, 5.74) is 0.336. The van der Waals surface area contributed by atoms with Crippen LogP contribution in [0.1, 0.15) is 5.56 Å². The Labute approximate surface area is 91.9 Å². The average Bonchev–Trinajstić information content (AvgIpc) is 2.26. The molecule has 0 aliphatic heterocycles. The van der Waals surface area contributed by atoms with E-state index in [0.717, 1.165) is 6.08 Å². The predicted octanol–water partition coefficient (Wildman–Crippen LogP) is 1.94. The average molecular weight is 226 g/mol. The molecule has 0 aliphatic carbocycles. The van der Waals surface area contributed by atoms with E-state index in [1.807, 2.05) is 0 Å². The van der Waals surface area contributed by atoms with Gasteiger partial charge in [0.2, 0.25) is 5.82 Å². The van der Waals surface area contributed by atoms with Crippen molar-refractivity contribution in [3.05, 3.63) is 29.6 Å². The van der Waals surface area contributed by atoms with Gasteiger partial charge in [-0.05, 0) is 18.2 Å². The van der Waals surface area contributed by atoms with Crippen LogP contribution in [0.4, 0.5) is 4.39 Å². The number of carboxylic acid groups (broad SMARTS) is 1. The molecule has 0 heterocycles. The molecule has 0 radical (unpaired) electrons. The molecule has 4 nitrogen and oxygen atoms in total. The lowest BCUT2D eigenvalue weighted by Crippen LogP contribution is -1.96. The van der Waals surface area contributed by atoms with E-state index < -0.39 is 11.8 Å². The van der Waals surface area contributed by atoms with Gasteiger partial charge in [-0.15, -0.1) is 0 Å². The smallest absolute Gasteiger partial charge is 0.328 e. The van der Waals surface area contributed by atoms with Crippen molar-refractivity contribution in [1.29, 1.82) is 0 Å². The monoisotopic (exact) mass is 226 g/mol. The van der Waals surface area contributed by atoms with Crippen molar-refractivity contribution in [3.63, 3.8) is 0 Å². The summed E-state index contributed by atoms with van der Waals surface area (Å²) in [4.78, 5) is 10.3. The molecular weight excluding hydrogens is 215 g/mol. The highest BCUT2D eigenvalue weighted by atomic mass is 19.1. The first-order chi connectivity index (χ1) is 7.60. The van der Waals surface area contributed by atoms with Gasteiger partial charge in [0.15, 0.2) is 11.5 Å². The Balaban J connectivity index is 3.20. The number of hydrogen-bond donors (Lipinski definition) is 1. The van der Waals surface area contributed by atoms with Crippen LogP contribution in [0, 0.1) is 5.82 Å². The molecule has 0 aliphatic rings. The van der Waals surface area contributed by atoms with Crippen LogP contribution in [0.2, 0.25) is 0 Å². The minimum absolute atomic E-state index is 0.0446. The number of carbonyl (C=O) groups is 1. The van der Waals surface area contributed by atoms with Crippen molar-refractivity contribution >= 4 is 12.0 Å². The SMILES string of the molecule is COc1ccc(C=CC(=O)O)c(OC)c1F. The molecule has 1 rings (SSSR count). The van der Waals surface area contributed by atoms with E-state index in [1.54, 1.807) is 0 Å². The second-order valence-electron chi connectivity index (χ2n) is 2.88. The molecule has 0 saturated carbocycles. The predicted molar refractivity (Wildman–Crippen MR) is 56.2 cm³/mol. The first kappa shape index (κ1) is 12.0. The van der Waals surface area contributed by atoms with E-state index >= 15 is 0 Å². The summed E-state index contributed by atoms with van der Waals surface area (Å²) in [6.45, 7) is 0. The molecule has 5 heteroatoms. The number of benzene rings is 1. The third-order valence-corrected chi connectivity index (χ3v) is 1.92. The summed E-state index contributed by atoms with van der Waals surface area (Å²) < 4.78 is 23.3. The van der Waals surface area contributed by atoms with Crippen molar-refractivity contribution < 1.29 is 23.8 Å². The van der Waals surface area contributed by atoms with Gasteiger partial charge in [0.25, 0.3) is 0 Å². The number of methoxy groups -OCH3 is 2. The Hall–Kier alpha value is -2.04. The number of carboxylic acids is 1. The zero-order valence-corrected chi connectivity index (χ0v) is 8.86. The molecule has 0 fully saturated rings. The van der Waals surface area contributed by atoms with Gasteiger partial charge in [-0.3, -0.25) is 0 Å². The second kappa shape index (κ2) is 5.16. The summed E-state index contributed by atoms with van der Waals surface area (Å²) in [6, 6.07) is 2.92. The van der Waals surface area contributed by atoms with Crippen LogP contribution >= 0.6 is 0 Å². The van der Waals surface area contributed by atoms with E-state index in [0.29, 0.717) is 5.56 Å². The van der Waals surface area contributed by atoms with Crippen molar-refractivity contribution in [2.24, 2.45) is 0 Å². The molecular formula is C11H11FO4. The largest absolute Gasteiger partial charge is 0.494 e. The fourth-order valence-electron chi connectivity index (χ4n) is 1.21. The maximum absolute atomic E-state index is 13.6. The van der Waals surface area contributed by atoms with Gasteiger partial charge in [-0.1, -0.05) is 0 Å². The maximum Gasteiger partial charge on any atom is 0.328 e. The van der Waals surface area contributed by atoms with Crippen LogP contribution in [-0.4, -0.2) is 25.3 Å². The van der Waals surface area contributed by atoms with E-state index in [1.165, 1.54) is 32.4 Å². The Bertz CT molecular complexity index is 426. The molecule has 0 spiro atoms. The van der Waals surface area contributed by atoms with Crippen molar-refractivity contribution in [2.45, 2.75) is 0 Å². The molecule has 0 aromatic heterocycles. The van der Waals surface area contributed by atoms with Crippen LogP contribution in [0.3, 0.4) is 0 Å². The van der Waals surface area contributed by atoms with Gasteiger partial charge in [-0.2, -0.15) is 4.39 Å². The number of halogens is 1. The molecule has 0 atom stereocenters. The maximum atomic E-state index is 13.6. The number of aliphatic carboxylic acids is 1. The van der Waals surface area contributed by atoms with Gasteiger partial charge < -0.3 is 14.6 Å². The van der Waals surface area contributed by atoms with Gasteiger partial charge >= 0.3 is 5.97 Å². The van der Waals surface area contributed by atoms with Crippen LogP contribution in [0.25, 0.3) is 6.08 Å². The molecule has 1 N–H and O–H groups in total. The number of rotatable bonds is 4. The topological polar surface area (TPSA) is 55.8 Å². The lowest BCUT2D eigenvalue weighted by Gasteiger charge is -2.09. The van der Waals surface area contributed by atoms with Crippen molar-refractivity contribution in [3.8, 4) is 11.5 Å². The van der Waals surface area contributed by atoms with Crippen LogP contribution < -0.4 is 9.47 Å². The standard InChI is InChI=1S/C11H11FO4/c1-15-8-5-3-7(4-6-9(13)14)11(16-2)10(8)12/h3-6H,1-2H3,(H,13,14). The zero-order valence-electron chi connectivity index (χ0n) is 8.86. The summed E-state index contributed by atoms with van der Waals surface area (Å²) >= 11 is 0. The summed E-state index contributed by atoms with van der Waals surface area (Å²) in [7, 11) is 2.64. The van der Waals surface area contributed by atoms with Crippen LogP contribution in [-0.2, 0) is 4.79 Å². The number of ether oxygens (including phenoxy) is 2. The molecule has 86 valence electrons. The Kier molecular flexibility index (Phi) is 3.88. The van der Waals surface area contributed by atoms with Crippen LogP contribution in [0.15, 0.2) is 18.2 Å². The third-order valence-electron chi connectivity index (χ3n) is 1.92. The first-order valence-corrected chi connectivity index (χ1v) is 4.41. The van der Waals surface area contributed by atoms with E-state index in [-0.39, 0.29) is 11.5 Å². The lowest BCUT2D eigenvalue weighted by molar-refractivity contribution is -0.131. The summed E-state index contributed by atoms with van der Waals surface area (Å²) in [5, 5.41) is 8.46. The Morgan fingerprint density at radius 2 is 2.06 bits per heavy atom. The van der Waals surface area contributed by atoms with Crippen molar-refractivity contribution in [1.82, 2.24) is 0 Å². The van der Waals surface area contributed by atoms with Gasteiger partial charge in [-0.25, -0.2) is 4.79 Å². The Morgan fingerprint density at radius 3 is 2.56 bits per heavy atom. The summed E-state index contributed by atoms with van der Waals surface area (Å²) in [5.74, 6) is -1.77. The van der Waals surface area contributed by atoms with E-state index in [2.05, 4.69) is 0 Å². The molecule has 0 amide bonds. The first-order valence-electron chi connectivity index (χ1n) is 4.41. The lowest BCUT2D eigenvalue weighted by atomic mass is 10.1. The minimum atomic E-state index is -1.11. The minimum Gasteiger partial charge on any atom is -0.494 e. The zero-order chi connectivity index (χ0) is 12.1. The van der Waals surface area contributed by atoms with Gasteiger partial charge in [0.05, 0.1) is 14.2 Å². The van der Waals surface area contributed by atoms with Crippen molar-refractivity contribution in [2.75, 3.05) is 14.2 Å². The molecule has 1 aromatic rings. The van der Waals surface area contributed by atoms with E-state index in [9.17, 15) is 9.18 Å². The van der Waals surface area contributed by atoms with Crippen LogP contribution in [0.5, 0.6) is 11.5 Å². The molecule has 16 heavy (non-hydrogen) atoms.